The predicted octanol–water partition coefficient (Wildman–Crippen LogP) is 13.1. The fourth-order valence-electron chi connectivity index (χ4n) is 8.70. The second kappa shape index (κ2) is 13.5. The molecule has 0 unspecified atom stereocenters. The summed E-state index contributed by atoms with van der Waals surface area (Å²) in [5.41, 5.74) is 20.3. The van der Waals surface area contributed by atoms with E-state index in [0.717, 1.165) is 83.4 Å². The molecular formula is C53H34N4. The normalized spacial score (nSPS) is 13.3. The standard InChI is InChI=1S/C53H34N4/c1-3-4-13-34(2)38-23-25-46-44(28-38)52-42-19-10-8-16-36(42)18-12-21-48(52)56(46)50-30-41(33-55)51(31-40(50)32-54)57-47-26-24-39(35-14-6-5-7-15-35)29-45(47)53-43-20-11-9-17-37(43)22-27-49(53)57/h3-6,8-14,16-17,19-31H,18H2,1-2H3/b4-3-,34-13+. The van der Waals surface area contributed by atoms with Crippen molar-refractivity contribution in [2.24, 2.45) is 0 Å². The number of fused-ring (bicyclic) bond motifs is 10. The Morgan fingerprint density at radius 2 is 1.49 bits per heavy atom. The number of allylic oxidation sites excluding steroid dienone is 9. The first-order valence-corrected chi connectivity index (χ1v) is 19.1. The molecule has 2 aromatic heterocycles. The van der Waals surface area contributed by atoms with E-state index in [1.54, 1.807) is 0 Å². The maximum Gasteiger partial charge on any atom is 0.101 e. The minimum absolute atomic E-state index is 0.474. The zero-order valence-corrected chi connectivity index (χ0v) is 31.5. The van der Waals surface area contributed by atoms with Gasteiger partial charge in [-0.2, -0.15) is 10.5 Å². The van der Waals surface area contributed by atoms with Crippen LogP contribution in [-0.2, 0) is 6.42 Å². The molecule has 266 valence electrons. The molecule has 2 aliphatic carbocycles. The average Bonchev–Trinajstić information content (AvgIpc) is 3.69. The minimum Gasteiger partial charge on any atom is -0.308 e. The lowest BCUT2D eigenvalue weighted by molar-refractivity contribution is 1.08. The van der Waals surface area contributed by atoms with Crippen LogP contribution in [0.25, 0.3) is 83.2 Å². The van der Waals surface area contributed by atoms with Gasteiger partial charge < -0.3 is 9.13 Å². The van der Waals surface area contributed by atoms with Crippen LogP contribution >= 0.6 is 0 Å². The Morgan fingerprint density at radius 1 is 0.737 bits per heavy atom. The molecule has 0 saturated carbocycles. The molecule has 0 amide bonds. The van der Waals surface area contributed by atoms with Crippen molar-refractivity contribution in [1.29, 1.82) is 10.5 Å². The first kappa shape index (κ1) is 33.7. The number of rotatable bonds is 5. The summed E-state index contributed by atoms with van der Waals surface area (Å²) >= 11 is 0. The lowest BCUT2D eigenvalue weighted by atomic mass is 9.95. The fraction of sp³-hybridized carbons (Fsp3) is 0.0566. The lowest BCUT2D eigenvalue weighted by Crippen LogP contribution is -2.05. The summed E-state index contributed by atoms with van der Waals surface area (Å²) in [4.78, 5) is 0. The van der Waals surface area contributed by atoms with E-state index in [1.165, 1.54) is 11.1 Å². The van der Waals surface area contributed by atoms with Gasteiger partial charge in [-0.3, -0.25) is 0 Å². The summed E-state index contributed by atoms with van der Waals surface area (Å²) in [6, 6.07) is 43.2. The molecule has 0 fully saturated rings. The monoisotopic (exact) mass is 726 g/mol. The number of benzene rings is 6. The van der Waals surface area contributed by atoms with Crippen molar-refractivity contribution in [2.45, 2.75) is 20.3 Å². The van der Waals surface area contributed by atoms with Crippen LogP contribution in [0.4, 0.5) is 0 Å². The first-order valence-electron chi connectivity index (χ1n) is 19.1. The maximum atomic E-state index is 11.0. The van der Waals surface area contributed by atoms with Gasteiger partial charge >= 0.3 is 0 Å². The van der Waals surface area contributed by atoms with Crippen molar-refractivity contribution in [1.82, 2.24) is 9.13 Å². The largest absolute Gasteiger partial charge is 0.308 e. The summed E-state index contributed by atoms with van der Waals surface area (Å²) < 4.78 is 4.34. The molecular weight excluding hydrogens is 693 g/mol. The van der Waals surface area contributed by atoms with Crippen LogP contribution in [-0.4, -0.2) is 9.13 Å². The summed E-state index contributed by atoms with van der Waals surface area (Å²) in [6.45, 7) is 4.15. The Balaban J connectivity index is 1.27. The molecule has 4 nitrogen and oxygen atoms in total. The average molecular weight is 727 g/mol. The number of hydrogen-bond acceptors (Lipinski definition) is 2. The zero-order chi connectivity index (χ0) is 38.6. The van der Waals surface area contributed by atoms with Gasteiger partial charge in [0.25, 0.3) is 0 Å². The van der Waals surface area contributed by atoms with Crippen LogP contribution in [0.1, 0.15) is 47.4 Å². The van der Waals surface area contributed by atoms with Gasteiger partial charge in [0.15, 0.2) is 0 Å². The second-order valence-corrected chi connectivity index (χ2v) is 14.5. The van der Waals surface area contributed by atoms with E-state index in [9.17, 15) is 10.5 Å². The van der Waals surface area contributed by atoms with Crippen molar-refractivity contribution in [3.05, 3.63) is 197 Å². The van der Waals surface area contributed by atoms with Crippen LogP contribution < -0.4 is 0 Å². The lowest BCUT2D eigenvalue weighted by Gasteiger charge is -2.16. The molecule has 2 aliphatic rings. The van der Waals surface area contributed by atoms with Crippen LogP contribution in [0.5, 0.6) is 0 Å². The molecule has 0 atom stereocenters. The highest BCUT2D eigenvalue weighted by Gasteiger charge is 2.26. The zero-order valence-electron chi connectivity index (χ0n) is 31.5. The molecule has 0 bridgehead atoms. The van der Waals surface area contributed by atoms with Crippen LogP contribution in [0.15, 0.2) is 163 Å². The summed E-state index contributed by atoms with van der Waals surface area (Å²) in [7, 11) is 0. The van der Waals surface area contributed by atoms with Crippen molar-refractivity contribution in [2.75, 3.05) is 0 Å². The van der Waals surface area contributed by atoms with Crippen molar-refractivity contribution in [3.63, 3.8) is 0 Å². The molecule has 8 aromatic rings. The van der Waals surface area contributed by atoms with E-state index < -0.39 is 0 Å². The van der Waals surface area contributed by atoms with Crippen molar-refractivity contribution < 1.29 is 0 Å². The number of nitrogens with zero attached hydrogens (tertiary/aromatic N) is 4. The van der Waals surface area contributed by atoms with Crippen LogP contribution in [0.2, 0.25) is 0 Å². The Hall–Kier alpha value is -7.84. The first-order chi connectivity index (χ1) is 28.1. The van der Waals surface area contributed by atoms with E-state index in [-0.39, 0.29) is 0 Å². The van der Waals surface area contributed by atoms with Gasteiger partial charge in [0, 0.05) is 27.3 Å². The highest BCUT2D eigenvalue weighted by molar-refractivity contribution is 6.22. The van der Waals surface area contributed by atoms with Gasteiger partial charge in [0.2, 0.25) is 0 Å². The van der Waals surface area contributed by atoms with Crippen molar-refractivity contribution in [3.8, 4) is 34.6 Å². The second-order valence-electron chi connectivity index (χ2n) is 14.5. The van der Waals surface area contributed by atoms with Gasteiger partial charge in [-0.1, -0.05) is 109 Å². The molecule has 10 rings (SSSR count). The SMILES string of the molecule is C/C=C\C=C(/C)c1ccc2c(c1)c1c(n2-c2cc(C#N)c(-n3c4ccc(C5=C=C=CC=C5)cc4c4c5ccccc5ccc43)cc2C#N)C=CCc2ccccc2-1. The van der Waals surface area contributed by atoms with Crippen molar-refractivity contribution >= 4 is 60.7 Å². The maximum absolute atomic E-state index is 11.0. The van der Waals surface area contributed by atoms with E-state index in [2.05, 4.69) is 161 Å². The predicted molar refractivity (Wildman–Crippen MR) is 235 cm³/mol. The van der Waals surface area contributed by atoms with Gasteiger partial charge in [0.05, 0.1) is 44.7 Å². The number of hydrogen-bond donors (Lipinski definition) is 0. The van der Waals surface area contributed by atoms with Gasteiger partial charge in [-0.15, -0.1) is 0 Å². The quantitative estimate of drug-likeness (QED) is 0.131. The fourth-order valence-corrected chi connectivity index (χ4v) is 8.70. The van der Waals surface area contributed by atoms with E-state index >= 15 is 0 Å². The van der Waals surface area contributed by atoms with Crippen LogP contribution in [0.3, 0.4) is 0 Å². The third kappa shape index (κ3) is 5.30. The Labute approximate surface area is 330 Å². The molecule has 0 saturated heterocycles. The molecule has 4 heteroatoms. The van der Waals surface area contributed by atoms with Gasteiger partial charge in [-0.05, 0) is 120 Å². The molecule has 6 aromatic carbocycles. The molecule has 2 heterocycles. The Bertz CT molecular complexity index is 3380. The Kier molecular flexibility index (Phi) is 7.97. The van der Waals surface area contributed by atoms with Crippen LogP contribution in [0, 0.1) is 22.7 Å². The molecule has 0 aliphatic heterocycles. The third-order valence-electron chi connectivity index (χ3n) is 11.3. The highest BCUT2D eigenvalue weighted by Crippen LogP contribution is 2.44. The molecule has 0 spiro atoms. The highest BCUT2D eigenvalue weighted by atomic mass is 15.0. The number of nitriles is 2. The smallest absolute Gasteiger partial charge is 0.101 e. The number of aromatic nitrogens is 2. The van der Waals surface area contributed by atoms with E-state index in [0.29, 0.717) is 22.5 Å². The van der Waals surface area contributed by atoms with Gasteiger partial charge in [0.1, 0.15) is 12.1 Å². The summed E-state index contributed by atoms with van der Waals surface area (Å²) in [5, 5.41) is 27.6. The molecule has 0 N–H and O–H groups in total. The molecule has 0 radical (unpaired) electrons. The topological polar surface area (TPSA) is 57.4 Å². The van der Waals surface area contributed by atoms with E-state index in [4.69, 9.17) is 0 Å². The third-order valence-corrected chi connectivity index (χ3v) is 11.3. The van der Waals surface area contributed by atoms with E-state index in [1.807, 2.05) is 43.4 Å². The summed E-state index contributed by atoms with van der Waals surface area (Å²) in [5.74, 6) is 0. The molecule has 57 heavy (non-hydrogen) atoms. The summed E-state index contributed by atoms with van der Waals surface area (Å²) in [6.07, 6.45) is 17.3. The Morgan fingerprint density at radius 3 is 2.30 bits per heavy atom. The minimum atomic E-state index is 0.474. The van der Waals surface area contributed by atoms with Gasteiger partial charge in [-0.25, -0.2) is 0 Å².